The molecule has 0 bridgehead atoms. The summed E-state index contributed by atoms with van der Waals surface area (Å²) >= 11 is 12.3. The molecular formula is C31H24Cl2N2O6. The first-order valence-electron chi connectivity index (χ1n) is 12.9. The molecule has 1 aliphatic heterocycles. The van der Waals surface area contributed by atoms with Crippen LogP contribution < -0.4 is 4.74 Å². The van der Waals surface area contributed by atoms with Gasteiger partial charge in [0.2, 0.25) is 0 Å². The third-order valence-electron chi connectivity index (χ3n) is 7.09. The van der Waals surface area contributed by atoms with Gasteiger partial charge in [-0.3, -0.25) is 19.2 Å². The van der Waals surface area contributed by atoms with Gasteiger partial charge in [0.05, 0.1) is 28.0 Å². The molecule has 8 nitrogen and oxygen atoms in total. The van der Waals surface area contributed by atoms with Gasteiger partial charge in [-0.1, -0.05) is 53.1 Å². The number of carbonyl (C=O) groups excluding carboxylic acids is 5. The van der Waals surface area contributed by atoms with Gasteiger partial charge in [-0.2, -0.15) is 5.01 Å². The second kappa shape index (κ2) is 11.7. The van der Waals surface area contributed by atoms with Crippen LogP contribution in [0.5, 0.6) is 5.75 Å². The predicted octanol–water partition coefficient (Wildman–Crippen LogP) is 5.71. The smallest absolute Gasteiger partial charge is 0.343 e. The van der Waals surface area contributed by atoms with E-state index in [0.717, 1.165) is 15.6 Å². The Kier molecular flexibility index (Phi) is 8.06. The van der Waals surface area contributed by atoms with E-state index >= 15 is 0 Å². The van der Waals surface area contributed by atoms with Crippen molar-refractivity contribution in [3.8, 4) is 5.75 Å². The number of hydrazine groups is 1. The Hall–Kier alpha value is -4.27. The maximum absolute atomic E-state index is 13.7. The van der Waals surface area contributed by atoms with Crippen LogP contribution in [-0.4, -0.2) is 46.0 Å². The largest absolute Gasteiger partial charge is 0.423 e. The van der Waals surface area contributed by atoms with E-state index in [-0.39, 0.29) is 21.9 Å². The molecule has 1 saturated heterocycles. The Morgan fingerprint density at radius 3 is 2.02 bits per heavy atom. The Bertz CT molecular complexity index is 1560. The molecule has 0 radical (unpaired) electrons. The van der Waals surface area contributed by atoms with Crippen molar-refractivity contribution in [2.24, 2.45) is 11.8 Å². The van der Waals surface area contributed by atoms with Crippen molar-refractivity contribution in [1.29, 1.82) is 0 Å². The third kappa shape index (κ3) is 5.80. The number of esters is 1. The van der Waals surface area contributed by atoms with E-state index in [1.54, 1.807) is 24.3 Å². The lowest BCUT2D eigenvalue weighted by Crippen LogP contribution is -2.52. The van der Waals surface area contributed by atoms with Crippen LogP contribution in [0.3, 0.4) is 0 Å². The average molecular weight is 591 g/mol. The molecule has 3 aromatic rings. The van der Waals surface area contributed by atoms with Crippen molar-refractivity contribution >= 4 is 52.7 Å². The highest BCUT2D eigenvalue weighted by Gasteiger charge is 2.51. The Morgan fingerprint density at radius 2 is 1.44 bits per heavy atom. The number of halogens is 2. The predicted molar refractivity (Wildman–Crippen MR) is 152 cm³/mol. The summed E-state index contributed by atoms with van der Waals surface area (Å²) in [4.78, 5) is 66.2. The lowest BCUT2D eigenvalue weighted by Gasteiger charge is -2.30. The maximum atomic E-state index is 13.7. The fraction of sp³-hybridized carbons (Fsp3) is 0.194. The van der Waals surface area contributed by atoms with Gasteiger partial charge in [0.1, 0.15) is 12.3 Å². The molecule has 0 aromatic heterocycles. The number of rotatable bonds is 7. The fourth-order valence-corrected chi connectivity index (χ4v) is 5.34. The molecule has 3 amide bonds. The van der Waals surface area contributed by atoms with Crippen molar-refractivity contribution in [3.63, 3.8) is 0 Å². The monoisotopic (exact) mass is 590 g/mol. The molecule has 3 aromatic carbocycles. The molecule has 0 spiro atoms. The number of hydrogen-bond acceptors (Lipinski definition) is 6. The van der Waals surface area contributed by atoms with E-state index in [2.05, 4.69) is 0 Å². The second-order valence-corrected chi connectivity index (χ2v) is 10.7. The number of imide groups is 1. The number of carbonyl (C=O) groups is 5. The summed E-state index contributed by atoms with van der Waals surface area (Å²) in [6, 6.07) is 16.9. The Labute approximate surface area is 246 Å². The van der Waals surface area contributed by atoms with Crippen molar-refractivity contribution in [1.82, 2.24) is 10.0 Å². The topological polar surface area (TPSA) is 101 Å². The number of ether oxygens (including phenoxy) is 1. The zero-order chi connectivity index (χ0) is 29.3. The maximum Gasteiger partial charge on any atom is 0.343 e. The summed E-state index contributed by atoms with van der Waals surface area (Å²) in [6.07, 6.45) is 4.39. The first-order chi connectivity index (χ1) is 19.6. The van der Waals surface area contributed by atoms with Gasteiger partial charge in [0, 0.05) is 10.6 Å². The van der Waals surface area contributed by atoms with Gasteiger partial charge in [-0.15, -0.1) is 0 Å². The normalized spacial score (nSPS) is 17.8. The van der Waals surface area contributed by atoms with Crippen LogP contribution in [0.15, 0.2) is 78.9 Å². The van der Waals surface area contributed by atoms with E-state index in [1.807, 2.05) is 19.1 Å². The first-order valence-corrected chi connectivity index (χ1v) is 13.6. The molecule has 1 fully saturated rings. The van der Waals surface area contributed by atoms with E-state index in [1.165, 1.54) is 42.5 Å². The highest BCUT2D eigenvalue weighted by Crippen LogP contribution is 2.36. The minimum Gasteiger partial charge on any atom is -0.423 e. The number of amides is 3. The highest BCUT2D eigenvalue weighted by atomic mass is 35.5. The number of nitrogens with zero attached hydrogens (tertiary/aromatic N) is 2. The highest BCUT2D eigenvalue weighted by molar-refractivity contribution is 6.36. The zero-order valence-electron chi connectivity index (χ0n) is 21.9. The first kappa shape index (κ1) is 28.3. The van der Waals surface area contributed by atoms with Crippen LogP contribution in [-0.2, 0) is 9.59 Å². The molecule has 41 heavy (non-hydrogen) atoms. The number of hydrogen-bond donors (Lipinski definition) is 0. The quantitative estimate of drug-likeness (QED) is 0.115. The average Bonchev–Trinajstić information content (AvgIpc) is 3.21. The van der Waals surface area contributed by atoms with Crippen LogP contribution in [0.25, 0.3) is 0 Å². The molecule has 10 heteroatoms. The van der Waals surface area contributed by atoms with Crippen LogP contribution >= 0.6 is 23.2 Å². The summed E-state index contributed by atoms with van der Waals surface area (Å²) in [6.45, 7) is 1.30. The van der Waals surface area contributed by atoms with E-state index in [0.29, 0.717) is 23.4 Å². The molecule has 0 N–H and O–H groups in total. The van der Waals surface area contributed by atoms with Crippen LogP contribution in [0.1, 0.15) is 49.5 Å². The summed E-state index contributed by atoms with van der Waals surface area (Å²) in [5, 5.41) is 1.94. The minimum atomic E-state index is -0.794. The third-order valence-corrected chi connectivity index (χ3v) is 7.64. The van der Waals surface area contributed by atoms with Crippen molar-refractivity contribution in [2.45, 2.75) is 19.8 Å². The van der Waals surface area contributed by atoms with Gasteiger partial charge < -0.3 is 4.74 Å². The van der Waals surface area contributed by atoms with E-state index in [9.17, 15) is 24.0 Å². The van der Waals surface area contributed by atoms with Gasteiger partial charge >= 0.3 is 5.97 Å². The Morgan fingerprint density at radius 1 is 0.854 bits per heavy atom. The summed E-state index contributed by atoms with van der Waals surface area (Å²) in [7, 11) is 0. The molecule has 2 aliphatic rings. The summed E-state index contributed by atoms with van der Waals surface area (Å²) in [5.74, 6) is -3.99. The van der Waals surface area contributed by atoms with Gasteiger partial charge in [-0.05, 0) is 74.4 Å². The van der Waals surface area contributed by atoms with Crippen molar-refractivity contribution < 1.29 is 28.7 Å². The molecule has 1 aliphatic carbocycles. The number of Topliss-reactive ketones (excluding diaryl/α,β-unsaturated/α-hetero) is 1. The van der Waals surface area contributed by atoms with Gasteiger partial charge in [0.25, 0.3) is 17.7 Å². The second-order valence-electron chi connectivity index (χ2n) is 9.83. The lowest BCUT2D eigenvalue weighted by molar-refractivity contribution is -0.154. The number of benzene rings is 3. The van der Waals surface area contributed by atoms with Crippen LogP contribution in [0.2, 0.25) is 10.0 Å². The zero-order valence-corrected chi connectivity index (χ0v) is 23.4. The van der Waals surface area contributed by atoms with Gasteiger partial charge in [-0.25, -0.2) is 9.80 Å². The number of allylic oxidation sites excluding steroid dienone is 2. The minimum absolute atomic E-state index is 0.0119. The van der Waals surface area contributed by atoms with E-state index in [4.69, 9.17) is 27.9 Å². The number of aryl methyl sites for hydroxylation is 1. The summed E-state index contributed by atoms with van der Waals surface area (Å²) < 4.78 is 5.39. The molecule has 0 unspecified atom stereocenters. The number of fused-ring (bicyclic) bond motifs is 1. The van der Waals surface area contributed by atoms with Crippen LogP contribution in [0.4, 0.5) is 0 Å². The molecule has 0 saturated carbocycles. The Balaban J connectivity index is 1.38. The lowest BCUT2D eigenvalue weighted by atomic mass is 9.85. The van der Waals surface area contributed by atoms with E-state index < -0.39 is 47.9 Å². The molecule has 2 atom stereocenters. The molecule has 208 valence electrons. The summed E-state index contributed by atoms with van der Waals surface area (Å²) in [5.41, 5.74) is 1.54. The SMILES string of the molecule is Cc1ccc(C(=O)Oc2ccc(C(=O)CN(C(=O)c3ccc(Cl)cc3Cl)N3C(=O)[C@H]4CC=CC[C@H]4C3=O)cc2)cc1. The van der Waals surface area contributed by atoms with Crippen molar-refractivity contribution in [3.05, 3.63) is 111 Å². The number of ketones is 1. The van der Waals surface area contributed by atoms with Gasteiger partial charge in [0.15, 0.2) is 5.78 Å². The molecule has 1 heterocycles. The standard InChI is InChI=1S/C31H24Cl2N2O6/c1-18-6-8-20(9-7-18)31(40)41-22-13-10-19(11-14-22)27(36)17-34(28(37)25-15-12-21(32)16-26(25)33)35-29(38)23-4-2-3-5-24(23)30(35)39/h2-3,6-16,23-24H,4-5,17H2,1H3/t23-,24+. The molecule has 5 rings (SSSR count). The molecular weight excluding hydrogens is 567 g/mol. The van der Waals surface area contributed by atoms with Crippen molar-refractivity contribution in [2.75, 3.05) is 6.54 Å². The fourth-order valence-electron chi connectivity index (χ4n) is 4.85. The van der Waals surface area contributed by atoms with Crippen LogP contribution in [0, 0.1) is 18.8 Å².